The van der Waals surface area contributed by atoms with Gasteiger partial charge in [0.15, 0.2) is 17.7 Å². The first-order valence-corrected chi connectivity index (χ1v) is 12.6. The van der Waals surface area contributed by atoms with Gasteiger partial charge in [0, 0.05) is 19.5 Å². The minimum absolute atomic E-state index is 0.124. The van der Waals surface area contributed by atoms with Gasteiger partial charge in [0.1, 0.15) is 35.3 Å². The number of nitrogen functional groups attached to an aromatic ring is 1. The number of methoxy groups -OCH3 is 1. The molecule has 1 unspecified atom stereocenters. The summed E-state index contributed by atoms with van der Waals surface area (Å²) in [5.74, 6) is 7.82. The average molecular weight is 539 g/mol. The number of imidazole rings is 1. The van der Waals surface area contributed by atoms with Crippen molar-refractivity contribution in [2.45, 2.75) is 43.8 Å². The van der Waals surface area contributed by atoms with E-state index < -0.39 is 31.1 Å². The first-order chi connectivity index (χ1) is 18.9. The van der Waals surface area contributed by atoms with Crippen LogP contribution in [0.25, 0.3) is 11.2 Å². The number of hydrogen-bond donors (Lipinski definition) is 4. The van der Waals surface area contributed by atoms with E-state index in [-0.39, 0.29) is 17.7 Å². The smallest absolute Gasteiger partial charge is 0.415 e. The second-order valence-electron chi connectivity index (χ2n) is 9.47. The van der Waals surface area contributed by atoms with Crippen molar-refractivity contribution in [3.05, 3.63) is 36.4 Å². The SMILES string of the molecule is COc1ccc(OC(=O)N2CCC(CC#Cc3nc(N)c4ncn([C@@H]5O[C@H](CO)C(O)[C@@H]5O)c4n3)CC2)cc1. The van der Waals surface area contributed by atoms with Crippen LogP contribution in [0, 0.1) is 17.8 Å². The molecule has 206 valence electrons. The summed E-state index contributed by atoms with van der Waals surface area (Å²) in [7, 11) is 1.58. The number of aromatic nitrogens is 4. The third kappa shape index (κ3) is 5.59. The van der Waals surface area contributed by atoms with E-state index in [0.717, 1.165) is 12.8 Å². The molecule has 4 heterocycles. The monoisotopic (exact) mass is 538 g/mol. The molecule has 2 aliphatic heterocycles. The third-order valence-electron chi connectivity index (χ3n) is 6.97. The van der Waals surface area contributed by atoms with Gasteiger partial charge in [0.2, 0.25) is 5.82 Å². The van der Waals surface area contributed by atoms with Gasteiger partial charge in [-0.15, -0.1) is 0 Å². The lowest BCUT2D eigenvalue weighted by molar-refractivity contribution is -0.0511. The van der Waals surface area contributed by atoms with Crippen LogP contribution >= 0.6 is 0 Å². The van der Waals surface area contributed by atoms with E-state index in [1.54, 1.807) is 36.3 Å². The number of nitrogens with zero attached hydrogens (tertiary/aromatic N) is 5. The molecule has 5 rings (SSSR count). The molecule has 4 atom stereocenters. The second kappa shape index (κ2) is 11.4. The standard InChI is InChI=1S/C26H30N6O7/c1-37-16-5-7-17(8-6-16)38-26(36)31-11-9-15(10-12-31)3-2-4-19-29-23(27)20-24(30-19)32(14-28-20)25-22(35)21(34)18(13-33)39-25/h5-8,14-15,18,21-22,25,33-35H,3,9-13H2,1H3,(H2,27,29,30)/t18-,21?,22+,25-/m1/s1. The minimum atomic E-state index is -1.29. The first kappa shape index (κ1) is 26.6. The number of carbonyl (C=O) groups excluding carboxylic acids is 1. The average Bonchev–Trinajstić information content (AvgIpc) is 3.50. The van der Waals surface area contributed by atoms with Gasteiger partial charge in [-0.25, -0.2) is 19.7 Å². The van der Waals surface area contributed by atoms with Crippen molar-refractivity contribution in [3.8, 4) is 23.3 Å². The first-order valence-electron chi connectivity index (χ1n) is 12.6. The van der Waals surface area contributed by atoms with Crippen molar-refractivity contribution < 1.29 is 34.3 Å². The molecule has 13 nitrogen and oxygen atoms in total. The largest absolute Gasteiger partial charge is 0.497 e. The fourth-order valence-corrected chi connectivity index (χ4v) is 4.69. The molecule has 1 amide bonds. The van der Waals surface area contributed by atoms with Gasteiger partial charge in [0.25, 0.3) is 0 Å². The van der Waals surface area contributed by atoms with Crippen LogP contribution in [0.3, 0.4) is 0 Å². The summed E-state index contributed by atoms with van der Waals surface area (Å²) in [6.45, 7) is 0.693. The molecule has 2 fully saturated rings. The summed E-state index contributed by atoms with van der Waals surface area (Å²) < 4.78 is 17.6. The molecule has 3 aromatic rings. The summed E-state index contributed by atoms with van der Waals surface area (Å²) >= 11 is 0. The molecule has 2 aliphatic rings. The molecule has 2 aromatic heterocycles. The zero-order valence-electron chi connectivity index (χ0n) is 21.3. The van der Waals surface area contributed by atoms with E-state index in [1.165, 1.54) is 10.9 Å². The molecule has 0 saturated carbocycles. The predicted molar refractivity (Wildman–Crippen MR) is 138 cm³/mol. The minimum Gasteiger partial charge on any atom is -0.497 e. The molecule has 0 radical (unpaired) electrons. The van der Waals surface area contributed by atoms with Crippen molar-refractivity contribution in [3.63, 3.8) is 0 Å². The van der Waals surface area contributed by atoms with Gasteiger partial charge in [-0.1, -0.05) is 5.92 Å². The number of anilines is 1. The van der Waals surface area contributed by atoms with Crippen molar-refractivity contribution in [1.82, 2.24) is 24.4 Å². The fraction of sp³-hybridized carbons (Fsp3) is 0.462. The van der Waals surface area contributed by atoms with E-state index in [0.29, 0.717) is 48.1 Å². The van der Waals surface area contributed by atoms with Crippen LogP contribution in [0.1, 0.15) is 31.3 Å². The van der Waals surface area contributed by atoms with Crippen LogP contribution < -0.4 is 15.2 Å². The molecule has 0 spiro atoms. The Balaban J connectivity index is 1.19. The van der Waals surface area contributed by atoms with Crippen molar-refractivity contribution in [2.75, 3.05) is 32.5 Å². The Bertz CT molecular complexity index is 1380. The topological polar surface area (TPSA) is 178 Å². The number of amides is 1. The summed E-state index contributed by atoms with van der Waals surface area (Å²) in [6.07, 6.45) is -1.31. The summed E-state index contributed by atoms with van der Waals surface area (Å²) in [5.41, 5.74) is 6.68. The molecule has 1 aromatic carbocycles. The van der Waals surface area contributed by atoms with Crippen LogP contribution in [-0.4, -0.2) is 90.9 Å². The Labute approximate surface area is 224 Å². The van der Waals surface area contributed by atoms with Crippen LogP contribution in [0.2, 0.25) is 0 Å². The van der Waals surface area contributed by atoms with Gasteiger partial charge in [0.05, 0.1) is 20.0 Å². The zero-order valence-corrected chi connectivity index (χ0v) is 21.3. The Morgan fingerprint density at radius 3 is 2.54 bits per heavy atom. The Morgan fingerprint density at radius 2 is 1.87 bits per heavy atom. The van der Waals surface area contributed by atoms with Gasteiger partial charge in [-0.05, 0) is 48.9 Å². The Hall–Kier alpha value is -3.96. The zero-order chi connectivity index (χ0) is 27.5. The molecule has 0 aliphatic carbocycles. The lowest BCUT2D eigenvalue weighted by atomic mass is 9.94. The Morgan fingerprint density at radius 1 is 1.15 bits per heavy atom. The highest BCUT2D eigenvalue weighted by molar-refractivity contribution is 5.82. The molecular weight excluding hydrogens is 508 g/mol. The van der Waals surface area contributed by atoms with Crippen molar-refractivity contribution in [2.24, 2.45) is 5.92 Å². The second-order valence-corrected chi connectivity index (χ2v) is 9.47. The highest BCUT2D eigenvalue weighted by Crippen LogP contribution is 2.32. The maximum absolute atomic E-state index is 12.5. The summed E-state index contributed by atoms with van der Waals surface area (Å²) in [6, 6.07) is 6.85. The fourth-order valence-electron chi connectivity index (χ4n) is 4.69. The van der Waals surface area contributed by atoms with Crippen molar-refractivity contribution >= 4 is 23.1 Å². The predicted octanol–water partition coefficient (Wildman–Crippen LogP) is 0.681. The van der Waals surface area contributed by atoms with Crippen LogP contribution in [0.5, 0.6) is 11.5 Å². The molecular formula is C26H30N6O7. The maximum Gasteiger partial charge on any atom is 0.415 e. The summed E-state index contributed by atoms with van der Waals surface area (Å²) in [5, 5.41) is 29.9. The number of likely N-dealkylation sites (tertiary alicyclic amines) is 1. The Kier molecular flexibility index (Phi) is 7.80. The third-order valence-corrected chi connectivity index (χ3v) is 6.97. The van der Waals surface area contributed by atoms with E-state index in [1.807, 2.05) is 0 Å². The van der Waals surface area contributed by atoms with Gasteiger partial charge < -0.3 is 40.2 Å². The highest BCUT2D eigenvalue weighted by Gasteiger charge is 2.44. The number of aliphatic hydroxyl groups excluding tert-OH is 3. The number of nitrogens with two attached hydrogens (primary N) is 1. The highest BCUT2D eigenvalue weighted by atomic mass is 16.6. The van der Waals surface area contributed by atoms with E-state index >= 15 is 0 Å². The molecule has 5 N–H and O–H groups in total. The maximum atomic E-state index is 12.5. The summed E-state index contributed by atoms with van der Waals surface area (Å²) in [4.78, 5) is 27.1. The number of piperidine rings is 1. The lowest BCUT2D eigenvalue weighted by Crippen LogP contribution is -2.40. The van der Waals surface area contributed by atoms with Crippen LogP contribution in [0.15, 0.2) is 30.6 Å². The molecule has 13 heteroatoms. The van der Waals surface area contributed by atoms with Crippen LogP contribution in [0.4, 0.5) is 10.6 Å². The number of carbonyl (C=O) groups is 1. The molecule has 39 heavy (non-hydrogen) atoms. The normalized spacial score (nSPS) is 23.4. The van der Waals surface area contributed by atoms with E-state index in [2.05, 4.69) is 26.8 Å². The molecule has 2 saturated heterocycles. The van der Waals surface area contributed by atoms with Gasteiger partial charge >= 0.3 is 6.09 Å². The van der Waals surface area contributed by atoms with Gasteiger partial charge in [-0.2, -0.15) is 0 Å². The van der Waals surface area contributed by atoms with E-state index in [4.69, 9.17) is 19.9 Å². The number of benzene rings is 1. The van der Waals surface area contributed by atoms with Crippen molar-refractivity contribution in [1.29, 1.82) is 0 Å². The molecule has 0 bridgehead atoms. The number of fused-ring (bicyclic) bond motifs is 1. The number of aliphatic hydroxyl groups is 3. The number of hydrogen-bond acceptors (Lipinski definition) is 11. The quantitative estimate of drug-likeness (QED) is 0.336. The number of rotatable bonds is 5. The van der Waals surface area contributed by atoms with Gasteiger partial charge in [-0.3, -0.25) is 4.57 Å². The lowest BCUT2D eigenvalue weighted by Gasteiger charge is -2.30. The van der Waals surface area contributed by atoms with E-state index in [9.17, 15) is 20.1 Å². The number of ether oxygens (including phenoxy) is 3. The van der Waals surface area contributed by atoms with Crippen LogP contribution in [-0.2, 0) is 4.74 Å².